The van der Waals surface area contributed by atoms with Crippen molar-refractivity contribution in [1.29, 1.82) is 0 Å². The molecule has 1 fully saturated rings. The zero-order chi connectivity index (χ0) is 14.0. The summed E-state index contributed by atoms with van der Waals surface area (Å²) in [6, 6.07) is 0. The van der Waals surface area contributed by atoms with Gasteiger partial charge < -0.3 is 5.73 Å². The zero-order valence-electron chi connectivity index (χ0n) is 12.4. The standard InChI is InChI=1S/C12H27N3O2S.ClH/c1-11-5-7-15(8-6-11)18(16,17)14(4)10-12(2,3)9-13;/h11H,5-10,13H2,1-4H3;1H. The van der Waals surface area contributed by atoms with E-state index in [0.29, 0.717) is 32.1 Å². The molecule has 0 aromatic rings. The fourth-order valence-electron chi connectivity index (χ4n) is 2.16. The lowest BCUT2D eigenvalue weighted by Crippen LogP contribution is -2.48. The number of hydrogen-bond donors (Lipinski definition) is 1. The molecule has 5 nitrogen and oxygen atoms in total. The average Bonchev–Trinajstić information content (AvgIpc) is 2.29. The average molecular weight is 314 g/mol. The van der Waals surface area contributed by atoms with Gasteiger partial charge in [0.1, 0.15) is 0 Å². The van der Waals surface area contributed by atoms with Gasteiger partial charge in [-0.05, 0) is 30.7 Å². The second-order valence-electron chi connectivity index (χ2n) is 6.21. The topological polar surface area (TPSA) is 66.6 Å². The Balaban J connectivity index is 0.00000324. The molecular formula is C12H28ClN3O2S. The molecule has 1 aliphatic heterocycles. The fourth-order valence-corrected chi connectivity index (χ4v) is 3.74. The van der Waals surface area contributed by atoms with Crippen LogP contribution in [0.2, 0.25) is 0 Å². The largest absolute Gasteiger partial charge is 0.330 e. The normalized spacial score (nSPS) is 19.5. The van der Waals surface area contributed by atoms with E-state index in [9.17, 15) is 8.42 Å². The molecule has 116 valence electrons. The Morgan fingerprint density at radius 2 is 1.79 bits per heavy atom. The zero-order valence-corrected chi connectivity index (χ0v) is 14.1. The van der Waals surface area contributed by atoms with Gasteiger partial charge in [-0.2, -0.15) is 17.0 Å². The lowest BCUT2D eigenvalue weighted by atomic mass is 9.94. The molecule has 0 amide bonds. The van der Waals surface area contributed by atoms with Gasteiger partial charge in [-0.3, -0.25) is 0 Å². The quantitative estimate of drug-likeness (QED) is 0.832. The molecule has 0 spiro atoms. The monoisotopic (exact) mass is 313 g/mol. The predicted molar refractivity (Wildman–Crippen MR) is 81.6 cm³/mol. The van der Waals surface area contributed by atoms with E-state index in [4.69, 9.17) is 5.73 Å². The minimum atomic E-state index is -3.32. The van der Waals surface area contributed by atoms with Gasteiger partial charge in [0, 0.05) is 26.7 Å². The minimum Gasteiger partial charge on any atom is -0.330 e. The van der Waals surface area contributed by atoms with Crippen LogP contribution < -0.4 is 5.73 Å². The van der Waals surface area contributed by atoms with Crippen molar-refractivity contribution >= 4 is 22.6 Å². The Kier molecular flexibility index (Phi) is 7.27. The van der Waals surface area contributed by atoms with Gasteiger partial charge in [0.15, 0.2) is 0 Å². The molecule has 19 heavy (non-hydrogen) atoms. The Hall–Kier alpha value is 0.120. The van der Waals surface area contributed by atoms with E-state index in [2.05, 4.69) is 6.92 Å². The molecule has 1 rings (SSSR count). The van der Waals surface area contributed by atoms with Gasteiger partial charge in [0.25, 0.3) is 10.2 Å². The van der Waals surface area contributed by atoms with Crippen LogP contribution in [0.25, 0.3) is 0 Å². The molecule has 0 unspecified atom stereocenters. The number of halogens is 1. The van der Waals surface area contributed by atoms with Crippen LogP contribution in [-0.2, 0) is 10.2 Å². The van der Waals surface area contributed by atoms with E-state index >= 15 is 0 Å². The molecule has 0 aromatic carbocycles. The third-order valence-electron chi connectivity index (χ3n) is 3.67. The molecule has 0 aromatic heterocycles. The number of rotatable bonds is 5. The van der Waals surface area contributed by atoms with Crippen molar-refractivity contribution in [3.05, 3.63) is 0 Å². The highest BCUT2D eigenvalue weighted by molar-refractivity contribution is 7.86. The maximum absolute atomic E-state index is 12.4. The minimum absolute atomic E-state index is 0. The SMILES string of the molecule is CC1CCN(S(=O)(=O)N(C)CC(C)(C)CN)CC1.Cl. The van der Waals surface area contributed by atoms with E-state index < -0.39 is 10.2 Å². The first-order valence-electron chi connectivity index (χ1n) is 6.60. The second-order valence-corrected chi connectivity index (χ2v) is 8.25. The van der Waals surface area contributed by atoms with Crippen LogP contribution in [-0.4, -0.2) is 50.3 Å². The van der Waals surface area contributed by atoms with Gasteiger partial charge in [-0.15, -0.1) is 12.4 Å². The lowest BCUT2D eigenvalue weighted by molar-refractivity contribution is 0.245. The molecule has 0 radical (unpaired) electrons. The first-order valence-corrected chi connectivity index (χ1v) is 8.00. The Bertz CT molecular complexity index is 365. The van der Waals surface area contributed by atoms with Gasteiger partial charge in [0.05, 0.1) is 0 Å². The van der Waals surface area contributed by atoms with Crippen molar-refractivity contribution in [2.24, 2.45) is 17.1 Å². The Morgan fingerprint density at radius 3 is 2.21 bits per heavy atom. The molecular weight excluding hydrogens is 286 g/mol. The third kappa shape index (κ3) is 5.19. The maximum atomic E-state index is 12.4. The summed E-state index contributed by atoms with van der Waals surface area (Å²) < 4.78 is 27.8. The highest BCUT2D eigenvalue weighted by atomic mass is 35.5. The smallest absolute Gasteiger partial charge is 0.281 e. The summed E-state index contributed by atoms with van der Waals surface area (Å²) in [6.07, 6.45) is 1.90. The van der Waals surface area contributed by atoms with Crippen molar-refractivity contribution in [3.8, 4) is 0 Å². The van der Waals surface area contributed by atoms with Crippen molar-refractivity contribution < 1.29 is 8.42 Å². The summed E-state index contributed by atoms with van der Waals surface area (Å²) >= 11 is 0. The maximum Gasteiger partial charge on any atom is 0.281 e. The highest BCUT2D eigenvalue weighted by Crippen LogP contribution is 2.22. The van der Waals surface area contributed by atoms with Gasteiger partial charge in [-0.1, -0.05) is 20.8 Å². The van der Waals surface area contributed by atoms with E-state index in [1.807, 2.05) is 13.8 Å². The molecule has 1 aliphatic rings. The Morgan fingerprint density at radius 1 is 1.32 bits per heavy atom. The number of hydrogen-bond acceptors (Lipinski definition) is 3. The molecule has 0 aliphatic carbocycles. The summed E-state index contributed by atoms with van der Waals surface area (Å²) in [7, 11) is -1.67. The molecule has 0 atom stereocenters. The number of nitrogens with two attached hydrogens (primary N) is 1. The van der Waals surface area contributed by atoms with Gasteiger partial charge in [0.2, 0.25) is 0 Å². The molecule has 2 N–H and O–H groups in total. The van der Waals surface area contributed by atoms with Crippen LogP contribution in [0.1, 0.15) is 33.6 Å². The fraction of sp³-hybridized carbons (Fsp3) is 1.00. The van der Waals surface area contributed by atoms with E-state index in [-0.39, 0.29) is 17.8 Å². The van der Waals surface area contributed by atoms with Crippen LogP contribution >= 0.6 is 12.4 Å². The van der Waals surface area contributed by atoms with Gasteiger partial charge in [-0.25, -0.2) is 0 Å². The summed E-state index contributed by atoms with van der Waals surface area (Å²) in [6.45, 7) is 8.34. The molecule has 0 saturated carbocycles. The molecule has 1 saturated heterocycles. The van der Waals surface area contributed by atoms with Crippen molar-refractivity contribution in [1.82, 2.24) is 8.61 Å². The lowest BCUT2D eigenvalue weighted by Gasteiger charge is -2.35. The second kappa shape index (κ2) is 7.22. The van der Waals surface area contributed by atoms with Crippen molar-refractivity contribution in [2.45, 2.75) is 33.6 Å². The summed E-state index contributed by atoms with van der Waals surface area (Å²) in [4.78, 5) is 0. The van der Waals surface area contributed by atoms with Crippen LogP contribution in [0.15, 0.2) is 0 Å². The van der Waals surface area contributed by atoms with Crippen LogP contribution in [0.4, 0.5) is 0 Å². The van der Waals surface area contributed by atoms with E-state index in [1.54, 1.807) is 11.4 Å². The number of piperidine rings is 1. The number of nitrogens with zero attached hydrogens (tertiary/aromatic N) is 2. The highest BCUT2D eigenvalue weighted by Gasteiger charge is 2.32. The predicted octanol–water partition coefficient (Wildman–Crippen LogP) is 1.30. The molecule has 0 bridgehead atoms. The third-order valence-corrected chi connectivity index (χ3v) is 5.60. The Labute approximate surface area is 124 Å². The first-order chi connectivity index (χ1) is 8.19. The van der Waals surface area contributed by atoms with Gasteiger partial charge >= 0.3 is 0 Å². The molecule has 1 heterocycles. The molecule has 7 heteroatoms. The first kappa shape index (κ1) is 19.1. The van der Waals surface area contributed by atoms with Crippen LogP contribution in [0, 0.1) is 11.3 Å². The van der Waals surface area contributed by atoms with E-state index in [1.165, 1.54) is 4.31 Å². The van der Waals surface area contributed by atoms with Crippen molar-refractivity contribution in [3.63, 3.8) is 0 Å². The van der Waals surface area contributed by atoms with E-state index in [0.717, 1.165) is 12.8 Å². The summed E-state index contributed by atoms with van der Waals surface area (Å²) in [5, 5.41) is 0. The summed E-state index contributed by atoms with van der Waals surface area (Å²) in [5.41, 5.74) is 5.47. The summed E-state index contributed by atoms with van der Waals surface area (Å²) in [5.74, 6) is 0.627. The van der Waals surface area contributed by atoms with Crippen LogP contribution in [0.5, 0.6) is 0 Å². The van der Waals surface area contributed by atoms with Crippen molar-refractivity contribution in [2.75, 3.05) is 33.2 Å². The van der Waals surface area contributed by atoms with Crippen LogP contribution in [0.3, 0.4) is 0 Å².